The van der Waals surface area contributed by atoms with Crippen molar-refractivity contribution >= 4 is 5.97 Å². The predicted molar refractivity (Wildman–Crippen MR) is 52.9 cm³/mol. The summed E-state index contributed by atoms with van der Waals surface area (Å²) in [5.41, 5.74) is -0.244. The normalized spacial score (nSPS) is 20.4. The van der Waals surface area contributed by atoms with E-state index >= 15 is 0 Å². The average molecular weight is 201 g/mol. The van der Waals surface area contributed by atoms with Crippen molar-refractivity contribution in [1.29, 1.82) is 0 Å². The average Bonchev–Trinajstić information content (AvgIpc) is 2.27. The number of aliphatic hydroxyl groups excluding tert-OH is 1. The van der Waals surface area contributed by atoms with Crippen LogP contribution in [0.4, 0.5) is 0 Å². The molecule has 1 fully saturated rings. The Labute approximate surface area is 84.6 Å². The zero-order chi connectivity index (χ0) is 10.4. The molecule has 0 aromatic heterocycles. The van der Waals surface area contributed by atoms with Gasteiger partial charge in [0.1, 0.15) is 0 Å². The van der Waals surface area contributed by atoms with Crippen LogP contribution in [0.2, 0.25) is 0 Å². The first kappa shape index (κ1) is 11.5. The Morgan fingerprint density at radius 3 is 2.57 bits per heavy atom. The van der Waals surface area contributed by atoms with Gasteiger partial charge in [-0.3, -0.25) is 10.1 Å². The van der Waals surface area contributed by atoms with Gasteiger partial charge in [0.2, 0.25) is 0 Å². The summed E-state index contributed by atoms with van der Waals surface area (Å²) in [4.78, 5) is 10.9. The molecule has 4 heteroatoms. The molecule has 0 bridgehead atoms. The molecule has 0 aromatic rings. The summed E-state index contributed by atoms with van der Waals surface area (Å²) in [7, 11) is 1.37. The van der Waals surface area contributed by atoms with Gasteiger partial charge in [0.05, 0.1) is 20.3 Å². The van der Waals surface area contributed by atoms with Gasteiger partial charge in [-0.25, -0.2) is 0 Å². The number of hydrogen-bond donors (Lipinski definition) is 2. The zero-order valence-corrected chi connectivity index (χ0v) is 8.71. The summed E-state index contributed by atoms with van der Waals surface area (Å²) >= 11 is 0. The molecule has 0 saturated heterocycles. The largest absolute Gasteiger partial charge is 0.468 e. The van der Waals surface area contributed by atoms with Crippen LogP contribution < -0.4 is 5.32 Å². The summed E-state index contributed by atoms with van der Waals surface area (Å²) < 4.78 is 4.55. The van der Waals surface area contributed by atoms with E-state index in [2.05, 4.69) is 10.1 Å². The van der Waals surface area contributed by atoms with E-state index in [-0.39, 0.29) is 24.7 Å². The number of carbonyl (C=O) groups excluding carboxylic acids is 1. The van der Waals surface area contributed by atoms with E-state index < -0.39 is 0 Å². The lowest BCUT2D eigenvalue weighted by Crippen LogP contribution is -2.51. The van der Waals surface area contributed by atoms with Gasteiger partial charge in [-0.05, 0) is 12.8 Å². The van der Waals surface area contributed by atoms with E-state index in [0.717, 1.165) is 25.7 Å². The molecule has 1 aliphatic rings. The summed E-state index contributed by atoms with van der Waals surface area (Å²) in [6, 6.07) is 0. The first-order valence-electron chi connectivity index (χ1n) is 5.15. The highest BCUT2D eigenvalue weighted by molar-refractivity contribution is 5.71. The van der Waals surface area contributed by atoms with E-state index in [0.29, 0.717) is 0 Å². The van der Waals surface area contributed by atoms with Gasteiger partial charge in [-0.15, -0.1) is 0 Å². The first-order chi connectivity index (χ1) is 6.72. The molecule has 82 valence electrons. The lowest BCUT2D eigenvalue weighted by atomic mass is 9.82. The Balaban J connectivity index is 2.39. The molecule has 2 N–H and O–H groups in total. The van der Waals surface area contributed by atoms with Crippen LogP contribution in [0, 0.1) is 0 Å². The molecule has 0 aromatic carbocycles. The predicted octanol–water partition coefficient (Wildman–Crippen LogP) is 0.444. The second-order valence-electron chi connectivity index (χ2n) is 3.93. The van der Waals surface area contributed by atoms with Crippen LogP contribution in [-0.2, 0) is 9.53 Å². The number of nitrogens with one attached hydrogen (secondary N) is 1. The topological polar surface area (TPSA) is 58.6 Å². The Morgan fingerprint density at radius 2 is 2.07 bits per heavy atom. The highest BCUT2D eigenvalue weighted by Crippen LogP contribution is 2.27. The monoisotopic (exact) mass is 201 g/mol. The van der Waals surface area contributed by atoms with Crippen LogP contribution in [0.25, 0.3) is 0 Å². The molecular weight excluding hydrogens is 182 g/mol. The molecule has 0 unspecified atom stereocenters. The van der Waals surface area contributed by atoms with E-state index in [1.54, 1.807) is 0 Å². The molecule has 14 heavy (non-hydrogen) atoms. The van der Waals surface area contributed by atoms with E-state index in [1.807, 2.05) is 0 Å². The third kappa shape index (κ3) is 2.96. The van der Waals surface area contributed by atoms with Crippen molar-refractivity contribution in [2.24, 2.45) is 0 Å². The third-order valence-corrected chi connectivity index (χ3v) is 2.95. The number of carbonyl (C=O) groups is 1. The molecule has 0 radical (unpaired) electrons. The second kappa shape index (κ2) is 5.32. The van der Waals surface area contributed by atoms with Crippen molar-refractivity contribution in [1.82, 2.24) is 5.32 Å². The smallest absolute Gasteiger partial charge is 0.319 e. The van der Waals surface area contributed by atoms with E-state index in [4.69, 9.17) is 0 Å². The van der Waals surface area contributed by atoms with Gasteiger partial charge in [0.15, 0.2) is 0 Å². The van der Waals surface area contributed by atoms with E-state index in [1.165, 1.54) is 13.5 Å². The highest BCUT2D eigenvalue weighted by Gasteiger charge is 2.31. The van der Waals surface area contributed by atoms with Crippen molar-refractivity contribution in [3.05, 3.63) is 0 Å². The fraction of sp³-hybridized carbons (Fsp3) is 0.900. The zero-order valence-electron chi connectivity index (χ0n) is 8.71. The summed E-state index contributed by atoms with van der Waals surface area (Å²) in [5, 5.41) is 12.4. The van der Waals surface area contributed by atoms with Crippen LogP contribution >= 0.6 is 0 Å². The van der Waals surface area contributed by atoms with Crippen LogP contribution in [0.1, 0.15) is 32.1 Å². The first-order valence-corrected chi connectivity index (χ1v) is 5.15. The van der Waals surface area contributed by atoms with E-state index in [9.17, 15) is 9.90 Å². The lowest BCUT2D eigenvalue weighted by molar-refractivity contribution is -0.140. The van der Waals surface area contributed by atoms with Gasteiger partial charge in [0.25, 0.3) is 0 Å². The maximum atomic E-state index is 10.9. The number of methoxy groups -OCH3 is 1. The quantitative estimate of drug-likeness (QED) is 0.648. The van der Waals surface area contributed by atoms with Gasteiger partial charge < -0.3 is 9.84 Å². The van der Waals surface area contributed by atoms with Gasteiger partial charge in [0, 0.05) is 5.54 Å². The van der Waals surface area contributed by atoms with Crippen molar-refractivity contribution < 1.29 is 14.6 Å². The Bertz CT molecular complexity index is 188. The van der Waals surface area contributed by atoms with Crippen LogP contribution in [0.5, 0.6) is 0 Å². The fourth-order valence-corrected chi connectivity index (χ4v) is 1.95. The Morgan fingerprint density at radius 1 is 1.43 bits per heavy atom. The fourth-order valence-electron chi connectivity index (χ4n) is 1.95. The number of aliphatic hydroxyl groups is 1. The van der Waals surface area contributed by atoms with Crippen LogP contribution in [0.15, 0.2) is 0 Å². The number of esters is 1. The molecule has 1 saturated carbocycles. The van der Waals surface area contributed by atoms with Crippen molar-refractivity contribution in [2.75, 3.05) is 20.3 Å². The molecule has 0 aliphatic heterocycles. The van der Waals surface area contributed by atoms with Gasteiger partial charge in [-0.2, -0.15) is 0 Å². The molecule has 1 aliphatic carbocycles. The highest BCUT2D eigenvalue weighted by atomic mass is 16.5. The van der Waals surface area contributed by atoms with Crippen molar-refractivity contribution in [3.8, 4) is 0 Å². The van der Waals surface area contributed by atoms with Crippen molar-refractivity contribution in [2.45, 2.75) is 37.6 Å². The molecule has 4 nitrogen and oxygen atoms in total. The molecule has 0 atom stereocenters. The maximum absolute atomic E-state index is 10.9. The molecule has 0 amide bonds. The third-order valence-electron chi connectivity index (χ3n) is 2.95. The standard InChI is InChI=1S/C10H19NO3/c1-14-9(13)7-11-10(8-12)5-3-2-4-6-10/h11-12H,2-8H2,1H3. The molecule has 0 spiro atoms. The Hall–Kier alpha value is -0.610. The minimum Gasteiger partial charge on any atom is -0.468 e. The Kier molecular flexibility index (Phi) is 4.35. The number of ether oxygens (including phenoxy) is 1. The minimum atomic E-state index is -0.275. The van der Waals surface area contributed by atoms with Gasteiger partial charge in [-0.1, -0.05) is 19.3 Å². The molecule has 0 heterocycles. The van der Waals surface area contributed by atoms with Crippen LogP contribution in [-0.4, -0.2) is 36.9 Å². The SMILES string of the molecule is COC(=O)CNC1(CO)CCCCC1. The lowest BCUT2D eigenvalue weighted by Gasteiger charge is -2.36. The van der Waals surface area contributed by atoms with Crippen LogP contribution in [0.3, 0.4) is 0 Å². The minimum absolute atomic E-state index is 0.101. The maximum Gasteiger partial charge on any atom is 0.319 e. The molecule has 1 rings (SSSR count). The number of hydrogen-bond acceptors (Lipinski definition) is 4. The number of rotatable bonds is 4. The van der Waals surface area contributed by atoms with Crippen molar-refractivity contribution in [3.63, 3.8) is 0 Å². The van der Waals surface area contributed by atoms with Gasteiger partial charge >= 0.3 is 5.97 Å². The summed E-state index contributed by atoms with van der Waals surface area (Å²) in [6.45, 7) is 0.293. The summed E-state index contributed by atoms with van der Waals surface area (Å²) in [6.07, 6.45) is 5.35. The summed E-state index contributed by atoms with van der Waals surface area (Å²) in [5.74, 6) is -0.275. The second-order valence-corrected chi connectivity index (χ2v) is 3.93. The molecular formula is C10H19NO3.